The summed E-state index contributed by atoms with van der Waals surface area (Å²) in [6.07, 6.45) is -11.1. The van der Waals surface area contributed by atoms with Crippen LogP contribution < -0.4 is 19.7 Å². The van der Waals surface area contributed by atoms with E-state index in [1.807, 2.05) is 19.1 Å². The molecule has 0 aliphatic carbocycles. The third kappa shape index (κ3) is 6.44. The van der Waals surface area contributed by atoms with E-state index >= 15 is 0 Å². The van der Waals surface area contributed by atoms with Gasteiger partial charge < -0.3 is 19.7 Å². The van der Waals surface area contributed by atoms with Crippen molar-refractivity contribution in [2.45, 2.75) is 32.3 Å². The van der Waals surface area contributed by atoms with Gasteiger partial charge in [0, 0.05) is 17.3 Å². The SMILES string of the molecule is Cc1ccc(OCCN2C(=O)C(C)Oc3cc(NC(=O)c4cc(C(F)(F)F)cc(C(F)(F)F)c4)ccc32)cc1. The lowest BCUT2D eigenvalue weighted by Crippen LogP contribution is -2.46. The Labute approximate surface area is 219 Å². The standard InChI is InChI=1S/C27H22F6N2O4/c1-15-3-6-21(7-4-15)38-10-9-35-22-8-5-20(14-23(22)39-16(2)25(35)37)34-24(36)17-11-18(26(28,29)30)13-19(12-17)27(31,32)33/h3-8,11-14,16H,9-10H2,1-2H3,(H,34,36). The van der Waals surface area contributed by atoms with Crippen molar-refractivity contribution in [1.29, 1.82) is 0 Å². The predicted molar refractivity (Wildman–Crippen MR) is 130 cm³/mol. The number of carbonyl (C=O) groups excluding carboxylic acids is 2. The number of alkyl halides is 6. The van der Waals surface area contributed by atoms with Crippen molar-refractivity contribution in [3.8, 4) is 11.5 Å². The van der Waals surface area contributed by atoms with Gasteiger partial charge >= 0.3 is 12.4 Å². The smallest absolute Gasteiger partial charge is 0.416 e. The summed E-state index contributed by atoms with van der Waals surface area (Å²) in [5, 5.41) is 2.29. The Hall–Kier alpha value is -4.22. The van der Waals surface area contributed by atoms with Crippen LogP contribution in [-0.2, 0) is 17.1 Å². The van der Waals surface area contributed by atoms with Crippen LogP contribution >= 0.6 is 0 Å². The van der Waals surface area contributed by atoms with E-state index in [9.17, 15) is 35.9 Å². The fraction of sp³-hybridized carbons (Fsp3) is 0.259. The van der Waals surface area contributed by atoms with Crippen molar-refractivity contribution in [3.63, 3.8) is 0 Å². The zero-order chi connectivity index (χ0) is 28.5. The van der Waals surface area contributed by atoms with Gasteiger partial charge in [0.05, 0.1) is 23.4 Å². The van der Waals surface area contributed by atoms with Crippen molar-refractivity contribution in [3.05, 3.63) is 82.9 Å². The highest BCUT2D eigenvalue weighted by Gasteiger charge is 2.38. The minimum Gasteiger partial charge on any atom is -0.492 e. The van der Waals surface area contributed by atoms with E-state index in [1.165, 1.54) is 30.0 Å². The number of nitrogens with zero attached hydrogens (tertiary/aromatic N) is 1. The summed E-state index contributed by atoms with van der Waals surface area (Å²) in [6, 6.07) is 12.1. The number of rotatable bonds is 6. The van der Waals surface area contributed by atoms with Gasteiger partial charge in [-0.15, -0.1) is 0 Å². The highest BCUT2D eigenvalue weighted by atomic mass is 19.4. The quantitative estimate of drug-likeness (QED) is 0.356. The van der Waals surface area contributed by atoms with Gasteiger partial charge in [-0.05, 0) is 56.3 Å². The van der Waals surface area contributed by atoms with Gasteiger partial charge in [0.15, 0.2) is 6.10 Å². The number of benzene rings is 3. The molecule has 1 heterocycles. The van der Waals surface area contributed by atoms with Crippen molar-refractivity contribution in [2.75, 3.05) is 23.4 Å². The molecular formula is C27H22F6N2O4. The van der Waals surface area contributed by atoms with E-state index in [4.69, 9.17) is 9.47 Å². The average Bonchev–Trinajstić information content (AvgIpc) is 2.86. The van der Waals surface area contributed by atoms with Crippen LogP contribution in [0.1, 0.15) is 34.0 Å². The van der Waals surface area contributed by atoms with E-state index < -0.39 is 41.1 Å². The minimum absolute atomic E-state index is 0.0436. The first-order valence-electron chi connectivity index (χ1n) is 11.6. The highest BCUT2D eigenvalue weighted by Crippen LogP contribution is 2.38. The Bertz CT molecular complexity index is 1350. The number of carbonyl (C=O) groups is 2. The van der Waals surface area contributed by atoms with Gasteiger partial charge in [-0.25, -0.2) is 0 Å². The second-order valence-electron chi connectivity index (χ2n) is 8.84. The lowest BCUT2D eigenvalue weighted by Gasteiger charge is -2.33. The van der Waals surface area contributed by atoms with Crippen LogP contribution in [0.25, 0.3) is 0 Å². The van der Waals surface area contributed by atoms with E-state index in [-0.39, 0.29) is 36.6 Å². The lowest BCUT2D eigenvalue weighted by atomic mass is 10.0. The van der Waals surface area contributed by atoms with E-state index in [1.54, 1.807) is 12.1 Å². The number of hydrogen-bond acceptors (Lipinski definition) is 4. The molecule has 1 unspecified atom stereocenters. The first-order valence-corrected chi connectivity index (χ1v) is 11.6. The molecule has 4 rings (SSSR count). The van der Waals surface area contributed by atoms with Gasteiger partial charge in [-0.2, -0.15) is 26.3 Å². The summed E-state index contributed by atoms with van der Waals surface area (Å²) in [6.45, 7) is 3.79. The van der Waals surface area contributed by atoms with Crippen molar-refractivity contribution in [1.82, 2.24) is 0 Å². The molecule has 0 saturated heterocycles. The number of amides is 2. The summed E-state index contributed by atoms with van der Waals surface area (Å²) in [5.41, 5.74) is -2.57. The number of aryl methyl sites for hydroxylation is 1. The second-order valence-corrected chi connectivity index (χ2v) is 8.84. The Kier molecular flexibility index (Phi) is 7.49. The van der Waals surface area contributed by atoms with Crippen LogP contribution in [0.4, 0.5) is 37.7 Å². The zero-order valence-corrected chi connectivity index (χ0v) is 20.6. The summed E-state index contributed by atoms with van der Waals surface area (Å²) < 4.78 is 90.3. The van der Waals surface area contributed by atoms with Gasteiger partial charge in [0.2, 0.25) is 0 Å². The molecule has 12 heteroatoms. The number of fused-ring (bicyclic) bond motifs is 1. The molecule has 206 valence electrons. The molecule has 3 aromatic rings. The molecule has 0 radical (unpaired) electrons. The third-order valence-corrected chi connectivity index (χ3v) is 5.88. The molecule has 39 heavy (non-hydrogen) atoms. The van der Waals surface area contributed by atoms with Crippen molar-refractivity contribution in [2.24, 2.45) is 0 Å². The monoisotopic (exact) mass is 552 g/mol. The molecule has 0 bridgehead atoms. The number of hydrogen-bond donors (Lipinski definition) is 1. The van der Waals surface area contributed by atoms with Gasteiger partial charge in [-0.3, -0.25) is 9.59 Å². The summed E-state index contributed by atoms with van der Waals surface area (Å²) >= 11 is 0. The van der Waals surface area contributed by atoms with Crippen LogP contribution in [0.5, 0.6) is 11.5 Å². The molecular weight excluding hydrogens is 530 g/mol. The zero-order valence-electron chi connectivity index (χ0n) is 20.6. The first kappa shape index (κ1) is 27.8. The van der Waals surface area contributed by atoms with Crippen LogP contribution in [0.3, 0.4) is 0 Å². The molecule has 0 spiro atoms. The normalized spacial score (nSPS) is 15.4. The van der Waals surface area contributed by atoms with Gasteiger partial charge in [0.1, 0.15) is 18.1 Å². The van der Waals surface area contributed by atoms with E-state index in [0.29, 0.717) is 23.6 Å². The highest BCUT2D eigenvalue weighted by molar-refractivity contribution is 6.05. The first-order chi connectivity index (χ1) is 18.2. The molecule has 0 fully saturated rings. The molecule has 6 nitrogen and oxygen atoms in total. The molecule has 1 atom stereocenters. The molecule has 1 aliphatic heterocycles. The van der Waals surface area contributed by atoms with E-state index in [0.717, 1.165) is 5.56 Å². The maximum Gasteiger partial charge on any atom is 0.416 e. The number of halogens is 6. The fourth-order valence-electron chi connectivity index (χ4n) is 3.90. The molecule has 0 aromatic heterocycles. The molecule has 3 aromatic carbocycles. The number of nitrogens with one attached hydrogen (secondary N) is 1. The fourth-order valence-corrected chi connectivity index (χ4v) is 3.90. The maximum atomic E-state index is 13.2. The lowest BCUT2D eigenvalue weighted by molar-refractivity contribution is -0.143. The number of anilines is 2. The largest absolute Gasteiger partial charge is 0.492 e. The summed E-state index contributed by atoms with van der Waals surface area (Å²) in [7, 11) is 0. The predicted octanol–water partition coefficient (Wildman–Crippen LogP) is 6.48. The minimum atomic E-state index is -5.09. The Morgan fingerprint density at radius 1 is 0.949 bits per heavy atom. The van der Waals surface area contributed by atoms with E-state index in [2.05, 4.69) is 5.32 Å². The molecule has 1 N–H and O–H groups in total. The summed E-state index contributed by atoms with van der Waals surface area (Å²) in [5.74, 6) is -0.712. The molecule has 0 saturated carbocycles. The third-order valence-electron chi connectivity index (χ3n) is 5.88. The van der Waals surface area contributed by atoms with Crippen molar-refractivity contribution < 1.29 is 45.4 Å². The average molecular weight is 552 g/mol. The van der Waals surface area contributed by atoms with Crippen molar-refractivity contribution >= 4 is 23.2 Å². The van der Waals surface area contributed by atoms with Gasteiger partial charge in [-0.1, -0.05) is 17.7 Å². The number of ether oxygens (including phenoxy) is 2. The Morgan fingerprint density at radius 3 is 2.15 bits per heavy atom. The van der Waals surface area contributed by atoms with Gasteiger partial charge in [0.25, 0.3) is 11.8 Å². The van der Waals surface area contributed by atoms with Crippen LogP contribution in [-0.4, -0.2) is 31.1 Å². The van der Waals surface area contributed by atoms with Crippen LogP contribution in [0.15, 0.2) is 60.7 Å². The van der Waals surface area contributed by atoms with Crippen LogP contribution in [0, 0.1) is 6.92 Å². The summed E-state index contributed by atoms with van der Waals surface area (Å²) in [4.78, 5) is 26.8. The Morgan fingerprint density at radius 2 is 1.56 bits per heavy atom. The Balaban J connectivity index is 1.53. The molecule has 1 aliphatic rings. The second kappa shape index (κ2) is 10.5. The topological polar surface area (TPSA) is 67.9 Å². The molecule has 2 amide bonds. The van der Waals surface area contributed by atoms with Crippen LogP contribution in [0.2, 0.25) is 0 Å². The maximum absolute atomic E-state index is 13.2.